The molecule has 0 aromatic carbocycles. The standard InChI is InChI=1S/C6H8N3/c1-5(7)6-4-8-2-3-9-6/h3-5H,7H2,1H3/q+1. The summed E-state index contributed by atoms with van der Waals surface area (Å²) in [7, 11) is 0. The first-order valence-corrected chi connectivity index (χ1v) is 2.74. The fraction of sp³-hybridized carbons (Fsp3) is 0.333. The molecule has 3 nitrogen and oxygen atoms in total. The van der Waals surface area contributed by atoms with Crippen molar-refractivity contribution in [2.24, 2.45) is 10.7 Å². The van der Waals surface area contributed by atoms with Crippen LogP contribution in [0.1, 0.15) is 6.92 Å². The smallest absolute Gasteiger partial charge is 0.323 e. The molecule has 0 aromatic heterocycles. The van der Waals surface area contributed by atoms with Crippen molar-refractivity contribution in [3.05, 3.63) is 6.20 Å². The summed E-state index contributed by atoms with van der Waals surface area (Å²) in [5.41, 5.74) is 6.30. The minimum Gasteiger partial charge on any atom is -0.323 e. The average molecular weight is 122 g/mol. The summed E-state index contributed by atoms with van der Waals surface area (Å²) in [5.74, 6) is 2.57. The second-order valence-corrected chi connectivity index (χ2v) is 1.86. The van der Waals surface area contributed by atoms with Crippen molar-refractivity contribution in [3.63, 3.8) is 0 Å². The van der Waals surface area contributed by atoms with E-state index in [9.17, 15) is 0 Å². The van der Waals surface area contributed by atoms with Crippen LogP contribution < -0.4 is 10.4 Å². The maximum Gasteiger partial charge on any atom is 0.331 e. The third-order valence-electron chi connectivity index (χ3n) is 1.01. The van der Waals surface area contributed by atoms with Crippen LogP contribution in [-0.2, 0) is 0 Å². The summed E-state index contributed by atoms with van der Waals surface area (Å²) in [5, 5.41) is 0. The molecule has 0 spiro atoms. The highest BCUT2D eigenvalue weighted by molar-refractivity contribution is 6.33. The molecule has 0 saturated carbocycles. The summed E-state index contributed by atoms with van der Waals surface area (Å²) >= 11 is 0. The number of nitrogens with zero attached hydrogens (tertiary/aromatic N) is 2. The molecule has 2 N–H and O–H groups in total. The second-order valence-electron chi connectivity index (χ2n) is 1.86. The van der Waals surface area contributed by atoms with Crippen LogP contribution in [0.3, 0.4) is 0 Å². The van der Waals surface area contributed by atoms with Gasteiger partial charge >= 0.3 is 12.1 Å². The predicted octanol–water partition coefficient (Wildman–Crippen LogP) is -0.890. The highest BCUT2D eigenvalue weighted by Crippen LogP contribution is 1.82. The molecular formula is C6H8N3+. The quantitative estimate of drug-likeness (QED) is 0.451. The van der Waals surface area contributed by atoms with E-state index in [1.807, 2.05) is 6.92 Å². The zero-order valence-corrected chi connectivity index (χ0v) is 5.20. The lowest BCUT2D eigenvalue weighted by Gasteiger charge is -1.96. The molecule has 1 rings (SSSR count). The van der Waals surface area contributed by atoms with Crippen molar-refractivity contribution in [1.82, 2.24) is 4.67 Å². The summed E-state index contributed by atoms with van der Waals surface area (Å²) in [6, 6.07) is -0.0351. The average Bonchev–Trinajstić information content (AvgIpc) is 1.90. The molecule has 46 valence electrons. The fourth-order valence-corrected chi connectivity index (χ4v) is 0.509. The Morgan fingerprint density at radius 1 is 1.89 bits per heavy atom. The highest BCUT2D eigenvalue weighted by Gasteiger charge is 2.07. The van der Waals surface area contributed by atoms with Gasteiger partial charge in [0.25, 0.3) is 0 Å². The topological polar surface area (TPSA) is 52.5 Å². The van der Waals surface area contributed by atoms with E-state index >= 15 is 0 Å². The molecule has 0 fully saturated rings. The van der Waals surface area contributed by atoms with E-state index in [2.05, 4.69) is 15.5 Å². The van der Waals surface area contributed by atoms with E-state index in [0.717, 1.165) is 5.71 Å². The Balaban J connectivity index is 2.80. The molecule has 1 aliphatic heterocycles. The van der Waals surface area contributed by atoms with Crippen LogP contribution in [0, 0.1) is 0 Å². The molecule has 0 amide bonds. The SMILES string of the molecule is CC(N)C1=NC=C=[N+]=C1. The van der Waals surface area contributed by atoms with Gasteiger partial charge < -0.3 is 5.73 Å². The van der Waals surface area contributed by atoms with E-state index in [4.69, 9.17) is 5.73 Å². The van der Waals surface area contributed by atoms with Gasteiger partial charge in [-0.25, -0.2) is 4.99 Å². The monoisotopic (exact) mass is 122 g/mol. The summed E-state index contributed by atoms with van der Waals surface area (Å²) < 4.78 is 3.74. The number of nitrogens with two attached hydrogens (primary N) is 1. The van der Waals surface area contributed by atoms with E-state index in [1.54, 1.807) is 6.21 Å². The minimum atomic E-state index is -0.0351. The molecule has 0 aromatic rings. The van der Waals surface area contributed by atoms with Gasteiger partial charge in [0.2, 0.25) is 0 Å². The number of rotatable bonds is 1. The first kappa shape index (κ1) is 5.99. The minimum absolute atomic E-state index is 0.0351. The van der Waals surface area contributed by atoms with Crippen LogP contribution in [0.15, 0.2) is 11.2 Å². The Labute approximate surface area is 53.3 Å². The molecule has 1 heterocycles. The molecule has 1 unspecified atom stereocenters. The van der Waals surface area contributed by atoms with Crippen LogP contribution in [-0.4, -0.2) is 23.8 Å². The lowest BCUT2D eigenvalue weighted by Crippen LogP contribution is -2.28. The third kappa shape index (κ3) is 1.37. The molecule has 0 saturated heterocycles. The normalized spacial score (nSPS) is 17.8. The summed E-state index contributed by atoms with van der Waals surface area (Å²) in [4.78, 5) is 3.94. The number of hydrogen-bond acceptors (Lipinski definition) is 2. The van der Waals surface area contributed by atoms with Gasteiger partial charge in [0.15, 0.2) is 6.20 Å². The van der Waals surface area contributed by atoms with Gasteiger partial charge in [-0.3, -0.25) is 0 Å². The van der Waals surface area contributed by atoms with Gasteiger partial charge in [-0.1, -0.05) is 0 Å². The zero-order valence-electron chi connectivity index (χ0n) is 5.20. The van der Waals surface area contributed by atoms with E-state index in [1.165, 1.54) is 6.20 Å². The van der Waals surface area contributed by atoms with E-state index in [0.29, 0.717) is 0 Å². The molecule has 0 radical (unpaired) electrons. The Hall–Kier alpha value is -1.14. The Bertz CT molecular complexity index is 225. The Kier molecular flexibility index (Phi) is 1.61. The predicted molar refractivity (Wildman–Crippen MR) is 38.9 cm³/mol. The Morgan fingerprint density at radius 2 is 2.67 bits per heavy atom. The van der Waals surface area contributed by atoms with Gasteiger partial charge in [0.1, 0.15) is 5.71 Å². The van der Waals surface area contributed by atoms with Crippen molar-refractivity contribution >= 4 is 17.8 Å². The first-order chi connectivity index (χ1) is 4.30. The second kappa shape index (κ2) is 2.42. The van der Waals surface area contributed by atoms with Crippen LogP contribution in [0.25, 0.3) is 0 Å². The summed E-state index contributed by atoms with van der Waals surface area (Å²) in [6.45, 7) is 1.87. The molecule has 0 aliphatic carbocycles. The van der Waals surface area contributed by atoms with Gasteiger partial charge in [-0.15, -0.1) is 0 Å². The van der Waals surface area contributed by atoms with E-state index < -0.39 is 0 Å². The number of aliphatic imine (C=N–C) groups is 1. The van der Waals surface area contributed by atoms with Crippen LogP contribution in [0.5, 0.6) is 0 Å². The largest absolute Gasteiger partial charge is 0.331 e. The first-order valence-electron chi connectivity index (χ1n) is 2.74. The van der Waals surface area contributed by atoms with Gasteiger partial charge in [-0.05, 0) is 11.6 Å². The molecule has 1 aliphatic rings. The van der Waals surface area contributed by atoms with Crippen molar-refractivity contribution in [3.8, 4) is 0 Å². The molecule has 0 bridgehead atoms. The molecule has 1 atom stereocenters. The molecule has 9 heavy (non-hydrogen) atoms. The maximum atomic E-state index is 5.50. The highest BCUT2D eigenvalue weighted by atomic mass is 14.8. The number of hydrogen-bond donors (Lipinski definition) is 1. The van der Waals surface area contributed by atoms with Crippen molar-refractivity contribution in [2.75, 3.05) is 0 Å². The van der Waals surface area contributed by atoms with Crippen molar-refractivity contribution < 1.29 is 0 Å². The van der Waals surface area contributed by atoms with Gasteiger partial charge in [0.05, 0.1) is 6.04 Å². The summed E-state index contributed by atoms with van der Waals surface area (Å²) in [6.07, 6.45) is 3.13. The van der Waals surface area contributed by atoms with Crippen LogP contribution in [0.4, 0.5) is 0 Å². The van der Waals surface area contributed by atoms with Crippen LogP contribution >= 0.6 is 0 Å². The Morgan fingerprint density at radius 3 is 3.00 bits per heavy atom. The van der Waals surface area contributed by atoms with Crippen molar-refractivity contribution in [2.45, 2.75) is 13.0 Å². The maximum absolute atomic E-state index is 5.50. The fourth-order valence-electron chi connectivity index (χ4n) is 0.509. The van der Waals surface area contributed by atoms with Crippen LogP contribution in [0.2, 0.25) is 0 Å². The third-order valence-corrected chi connectivity index (χ3v) is 1.01. The van der Waals surface area contributed by atoms with Gasteiger partial charge in [-0.2, -0.15) is 0 Å². The van der Waals surface area contributed by atoms with Gasteiger partial charge in [0, 0.05) is 0 Å². The molecule has 3 heteroatoms. The lowest BCUT2D eigenvalue weighted by atomic mass is 10.2. The van der Waals surface area contributed by atoms with E-state index in [-0.39, 0.29) is 6.04 Å². The molecular weight excluding hydrogens is 114 g/mol. The lowest BCUT2D eigenvalue weighted by molar-refractivity contribution is 0.984. The zero-order chi connectivity index (χ0) is 6.69. The van der Waals surface area contributed by atoms with Crippen molar-refractivity contribution in [1.29, 1.82) is 0 Å².